The molecule has 8 nitrogen and oxygen atoms in total. The van der Waals surface area contributed by atoms with E-state index in [0.29, 0.717) is 18.0 Å². The van der Waals surface area contributed by atoms with Crippen LogP contribution in [0.2, 0.25) is 0 Å². The molecule has 3 aromatic carbocycles. The van der Waals surface area contributed by atoms with E-state index in [1.54, 1.807) is 36.4 Å². The van der Waals surface area contributed by atoms with Crippen molar-refractivity contribution in [3.63, 3.8) is 0 Å². The molecule has 0 spiro atoms. The van der Waals surface area contributed by atoms with E-state index in [1.807, 2.05) is 6.92 Å². The van der Waals surface area contributed by atoms with E-state index in [9.17, 15) is 22.4 Å². The zero-order valence-electron chi connectivity index (χ0n) is 17.7. The number of sulfonamides is 1. The Bertz CT molecular complexity index is 1230. The average molecular weight is 472 g/mol. The van der Waals surface area contributed by atoms with E-state index in [1.165, 1.54) is 12.1 Å². The van der Waals surface area contributed by atoms with Crippen molar-refractivity contribution in [2.45, 2.75) is 11.8 Å². The summed E-state index contributed by atoms with van der Waals surface area (Å²) in [5.74, 6) is -1.01. The smallest absolute Gasteiger partial charge is 0.261 e. The Balaban J connectivity index is 1.63. The van der Waals surface area contributed by atoms with Gasteiger partial charge in [0, 0.05) is 5.69 Å². The van der Waals surface area contributed by atoms with Crippen molar-refractivity contribution in [2.24, 2.45) is 0 Å². The van der Waals surface area contributed by atoms with E-state index in [0.717, 1.165) is 24.3 Å². The van der Waals surface area contributed by atoms with Crippen LogP contribution < -0.4 is 20.1 Å². The van der Waals surface area contributed by atoms with Gasteiger partial charge in [-0.05, 0) is 67.6 Å². The Hall–Kier alpha value is -3.92. The fraction of sp³-hybridized carbons (Fsp3) is 0.130. The molecule has 3 aromatic rings. The molecule has 0 aliphatic heterocycles. The van der Waals surface area contributed by atoms with Gasteiger partial charge >= 0.3 is 0 Å². The fourth-order valence-electron chi connectivity index (χ4n) is 2.85. The summed E-state index contributed by atoms with van der Waals surface area (Å²) in [5.41, 5.74) is 0.577. The number of rotatable bonds is 9. The topological polar surface area (TPSA) is 114 Å². The van der Waals surface area contributed by atoms with Gasteiger partial charge in [0.25, 0.3) is 15.9 Å². The number of benzene rings is 3. The highest BCUT2D eigenvalue weighted by Gasteiger charge is 2.19. The Morgan fingerprint density at radius 3 is 2.27 bits per heavy atom. The maximum Gasteiger partial charge on any atom is 0.261 e. The van der Waals surface area contributed by atoms with E-state index >= 15 is 0 Å². The first kappa shape index (κ1) is 23.7. The number of carbonyl (C=O) groups is 2. The Kier molecular flexibility index (Phi) is 7.62. The zero-order valence-corrected chi connectivity index (χ0v) is 18.5. The van der Waals surface area contributed by atoms with Gasteiger partial charge in [0.1, 0.15) is 11.6 Å². The molecule has 0 heterocycles. The van der Waals surface area contributed by atoms with Gasteiger partial charge in [0.15, 0.2) is 0 Å². The average Bonchev–Trinajstić information content (AvgIpc) is 2.79. The van der Waals surface area contributed by atoms with Crippen LogP contribution in [-0.2, 0) is 14.8 Å². The number of hydrogen-bond donors (Lipinski definition) is 3. The third-order valence-corrected chi connectivity index (χ3v) is 5.78. The van der Waals surface area contributed by atoms with Crippen LogP contribution in [0.3, 0.4) is 0 Å². The largest absolute Gasteiger partial charge is 0.494 e. The van der Waals surface area contributed by atoms with Crippen LogP contribution in [0.15, 0.2) is 77.7 Å². The maximum absolute atomic E-state index is 13.1. The lowest BCUT2D eigenvalue weighted by atomic mass is 10.1. The number of nitrogens with one attached hydrogen (secondary N) is 3. The highest BCUT2D eigenvalue weighted by Crippen LogP contribution is 2.20. The molecule has 0 unspecified atom stereocenters. The van der Waals surface area contributed by atoms with Gasteiger partial charge in [0.2, 0.25) is 5.91 Å². The van der Waals surface area contributed by atoms with E-state index in [2.05, 4.69) is 15.4 Å². The lowest BCUT2D eigenvalue weighted by molar-refractivity contribution is -0.115. The fourth-order valence-corrected chi connectivity index (χ4v) is 3.93. The Labute approximate surface area is 190 Å². The van der Waals surface area contributed by atoms with Crippen LogP contribution in [-0.4, -0.2) is 33.4 Å². The van der Waals surface area contributed by atoms with Crippen LogP contribution in [0, 0.1) is 5.82 Å². The molecule has 33 heavy (non-hydrogen) atoms. The van der Waals surface area contributed by atoms with Crippen molar-refractivity contribution in [1.29, 1.82) is 0 Å². The van der Waals surface area contributed by atoms with E-state index < -0.39 is 27.7 Å². The highest BCUT2D eigenvalue weighted by molar-refractivity contribution is 7.92. The molecule has 0 aromatic heterocycles. The summed E-state index contributed by atoms with van der Waals surface area (Å²) in [6.45, 7) is 2.06. The summed E-state index contributed by atoms with van der Waals surface area (Å²) in [6, 6.07) is 17.0. The van der Waals surface area contributed by atoms with Crippen molar-refractivity contribution in [3.05, 3.63) is 84.2 Å². The van der Waals surface area contributed by atoms with Gasteiger partial charge in [-0.3, -0.25) is 14.3 Å². The van der Waals surface area contributed by atoms with Crippen molar-refractivity contribution >= 4 is 33.2 Å². The molecule has 0 fully saturated rings. The van der Waals surface area contributed by atoms with Crippen LogP contribution in [0.25, 0.3) is 0 Å². The molecule has 0 bridgehead atoms. The van der Waals surface area contributed by atoms with Gasteiger partial charge in [-0.2, -0.15) is 0 Å². The molecule has 3 rings (SSSR count). The summed E-state index contributed by atoms with van der Waals surface area (Å²) in [5, 5.41) is 5.11. The second-order valence-electron chi connectivity index (χ2n) is 6.79. The van der Waals surface area contributed by atoms with Crippen LogP contribution in [0.1, 0.15) is 17.3 Å². The summed E-state index contributed by atoms with van der Waals surface area (Å²) >= 11 is 0. The van der Waals surface area contributed by atoms with Gasteiger partial charge in [-0.1, -0.05) is 12.1 Å². The first-order valence-corrected chi connectivity index (χ1v) is 11.4. The van der Waals surface area contributed by atoms with Crippen LogP contribution in [0.5, 0.6) is 5.75 Å². The molecule has 3 N–H and O–H groups in total. The molecule has 0 atom stereocenters. The van der Waals surface area contributed by atoms with E-state index in [4.69, 9.17) is 4.74 Å². The predicted octanol–water partition coefficient (Wildman–Crippen LogP) is 3.39. The molecule has 10 heteroatoms. The SMILES string of the molecule is CCOc1ccc(NC(=O)CNC(=O)c2ccccc2NS(=O)(=O)c2ccc(F)cc2)cc1. The minimum absolute atomic E-state index is 0.0197. The molecule has 2 amide bonds. The molecule has 172 valence electrons. The number of ether oxygens (including phenoxy) is 1. The second kappa shape index (κ2) is 10.6. The normalized spacial score (nSPS) is 10.8. The zero-order chi connectivity index (χ0) is 23.8. The first-order chi connectivity index (χ1) is 15.8. The molecular formula is C23H22FN3O5S. The number of para-hydroxylation sites is 1. The molecule has 0 aliphatic rings. The maximum atomic E-state index is 13.1. The predicted molar refractivity (Wildman–Crippen MR) is 122 cm³/mol. The van der Waals surface area contributed by atoms with Crippen molar-refractivity contribution in [1.82, 2.24) is 5.32 Å². The van der Waals surface area contributed by atoms with Crippen LogP contribution >= 0.6 is 0 Å². The number of anilines is 2. The lowest BCUT2D eigenvalue weighted by Crippen LogP contribution is -2.33. The standard InChI is InChI=1S/C23H22FN3O5S/c1-2-32-18-11-9-17(10-12-18)26-22(28)15-25-23(29)20-5-3-4-6-21(20)27-33(30,31)19-13-7-16(24)8-14-19/h3-14,27H,2,15H2,1H3,(H,25,29)(H,26,28). The number of carbonyl (C=O) groups excluding carboxylic acids is 2. The van der Waals surface area contributed by atoms with Crippen LogP contribution in [0.4, 0.5) is 15.8 Å². The number of halogens is 1. The quantitative estimate of drug-likeness (QED) is 0.443. The lowest BCUT2D eigenvalue weighted by Gasteiger charge is -2.13. The highest BCUT2D eigenvalue weighted by atomic mass is 32.2. The van der Waals surface area contributed by atoms with Gasteiger partial charge in [0.05, 0.1) is 29.3 Å². The van der Waals surface area contributed by atoms with Crippen molar-refractivity contribution in [2.75, 3.05) is 23.2 Å². The third kappa shape index (κ3) is 6.53. The first-order valence-electron chi connectivity index (χ1n) is 9.97. The summed E-state index contributed by atoms with van der Waals surface area (Å²) in [7, 11) is -4.05. The Morgan fingerprint density at radius 2 is 1.61 bits per heavy atom. The molecule has 0 aliphatic carbocycles. The minimum atomic E-state index is -4.05. The van der Waals surface area contributed by atoms with Crippen molar-refractivity contribution < 1.29 is 27.1 Å². The second-order valence-corrected chi connectivity index (χ2v) is 8.48. The van der Waals surface area contributed by atoms with Crippen molar-refractivity contribution in [3.8, 4) is 5.75 Å². The molecule has 0 radical (unpaired) electrons. The third-order valence-electron chi connectivity index (χ3n) is 4.40. The van der Waals surface area contributed by atoms with Gasteiger partial charge in [-0.25, -0.2) is 12.8 Å². The number of amides is 2. The summed E-state index contributed by atoms with van der Waals surface area (Å²) < 4.78 is 45.9. The number of hydrogen-bond acceptors (Lipinski definition) is 5. The summed E-state index contributed by atoms with van der Waals surface area (Å²) in [6.07, 6.45) is 0. The minimum Gasteiger partial charge on any atom is -0.494 e. The molecule has 0 saturated heterocycles. The Morgan fingerprint density at radius 1 is 0.939 bits per heavy atom. The summed E-state index contributed by atoms with van der Waals surface area (Å²) in [4.78, 5) is 24.6. The molecular weight excluding hydrogens is 449 g/mol. The van der Waals surface area contributed by atoms with E-state index in [-0.39, 0.29) is 22.7 Å². The molecule has 0 saturated carbocycles. The van der Waals surface area contributed by atoms with Gasteiger partial charge in [-0.15, -0.1) is 0 Å². The monoisotopic (exact) mass is 471 g/mol. The van der Waals surface area contributed by atoms with Gasteiger partial charge < -0.3 is 15.4 Å².